The van der Waals surface area contributed by atoms with Crippen LogP contribution in [0.15, 0.2) is 36.4 Å². The van der Waals surface area contributed by atoms with Crippen LogP contribution in [0.1, 0.15) is 54.8 Å². The normalized spacial score (nSPS) is 22.8. The van der Waals surface area contributed by atoms with Gasteiger partial charge in [-0.2, -0.15) is 10.5 Å². The first-order valence-electron chi connectivity index (χ1n) is 10.5. The molecule has 1 saturated carbocycles. The number of benzene rings is 2. The first-order valence-corrected chi connectivity index (χ1v) is 10.5. The molecule has 1 amide bonds. The van der Waals surface area contributed by atoms with E-state index >= 15 is 0 Å². The van der Waals surface area contributed by atoms with E-state index in [4.69, 9.17) is 20.1 Å². The largest absolute Gasteiger partial charge is 0.490 e. The van der Waals surface area contributed by atoms with Gasteiger partial charge in [0.2, 0.25) is 5.91 Å². The van der Waals surface area contributed by atoms with Gasteiger partial charge in [0.1, 0.15) is 23.5 Å². The molecule has 0 N–H and O–H groups in total. The van der Waals surface area contributed by atoms with E-state index in [9.17, 15) is 13.6 Å². The Kier molecular flexibility index (Phi) is 6.34. The molecule has 2 aromatic carbocycles. The molecule has 1 atom stereocenters. The van der Waals surface area contributed by atoms with Gasteiger partial charge in [0.15, 0.2) is 0 Å². The molecule has 0 unspecified atom stereocenters. The lowest BCUT2D eigenvalue weighted by Crippen LogP contribution is -2.38. The minimum atomic E-state index is -0.588. The molecule has 6 nitrogen and oxygen atoms in total. The topological polar surface area (TPSA) is 86.3 Å². The lowest BCUT2D eigenvalue weighted by atomic mass is 9.86. The molecule has 0 spiro atoms. The van der Waals surface area contributed by atoms with Crippen molar-refractivity contribution in [1.29, 1.82) is 10.5 Å². The summed E-state index contributed by atoms with van der Waals surface area (Å²) >= 11 is 0. The van der Waals surface area contributed by atoms with E-state index in [0.717, 1.165) is 6.07 Å². The number of rotatable bonds is 4. The van der Waals surface area contributed by atoms with Gasteiger partial charge in [-0.15, -0.1) is 0 Å². The van der Waals surface area contributed by atoms with Crippen molar-refractivity contribution in [3.05, 3.63) is 64.7 Å². The molecule has 164 valence electrons. The van der Waals surface area contributed by atoms with E-state index < -0.39 is 17.7 Å². The highest BCUT2D eigenvalue weighted by Gasteiger charge is 2.37. The average molecular weight is 437 g/mol. The van der Waals surface area contributed by atoms with Gasteiger partial charge in [-0.25, -0.2) is 13.8 Å². The molecule has 0 radical (unpaired) electrons. The van der Waals surface area contributed by atoms with Crippen molar-refractivity contribution in [1.82, 2.24) is 5.06 Å². The van der Waals surface area contributed by atoms with Crippen molar-refractivity contribution < 1.29 is 23.1 Å². The standard InChI is InChI=1S/C24H21F2N3O3/c25-19-10-15(13-27)9-17(11-19)23-7-8-31-29(23)24(30)16-1-3-20(4-2-16)32-21-5-6-22(26)18(12-21)14-28/h5-6,9-12,16,20,23H,1-4,7-8H2/t16?,20?,23-/m0/s1. The third-order valence-corrected chi connectivity index (χ3v) is 5.94. The van der Waals surface area contributed by atoms with Crippen molar-refractivity contribution in [3.63, 3.8) is 0 Å². The summed E-state index contributed by atoms with van der Waals surface area (Å²) in [4.78, 5) is 18.7. The summed E-state index contributed by atoms with van der Waals surface area (Å²) in [6.07, 6.45) is 2.85. The van der Waals surface area contributed by atoms with Gasteiger partial charge in [-0.1, -0.05) is 0 Å². The summed E-state index contributed by atoms with van der Waals surface area (Å²) in [7, 11) is 0. The Bertz CT molecular complexity index is 1100. The lowest BCUT2D eigenvalue weighted by Gasteiger charge is -2.32. The van der Waals surface area contributed by atoms with E-state index in [-0.39, 0.29) is 29.1 Å². The number of nitrogens with zero attached hydrogens (tertiary/aromatic N) is 3. The van der Waals surface area contributed by atoms with Gasteiger partial charge in [0.05, 0.1) is 35.9 Å². The lowest BCUT2D eigenvalue weighted by molar-refractivity contribution is -0.183. The number of hydrogen-bond acceptors (Lipinski definition) is 5. The molecule has 0 aromatic heterocycles. The van der Waals surface area contributed by atoms with Crippen molar-refractivity contribution >= 4 is 5.91 Å². The minimum absolute atomic E-state index is 0.0690. The maximum atomic E-state index is 13.9. The highest BCUT2D eigenvalue weighted by atomic mass is 19.1. The molecule has 1 aliphatic heterocycles. The molecule has 2 aromatic rings. The number of carbonyl (C=O) groups excluding carboxylic acids is 1. The quantitative estimate of drug-likeness (QED) is 0.700. The molecule has 2 fully saturated rings. The summed E-state index contributed by atoms with van der Waals surface area (Å²) in [5, 5.41) is 19.4. The third-order valence-electron chi connectivity index (χ3n) is 5.94. The van der Waals surface area contributed by atoms with Crippen LogP contribution in [0.4, 0.5) is 8.78 Å². The van der Waals surface area contributed by atoms with Crippen LogP contribution in [-0.2, 0) is 9.63 Å². The summed E-state index contributed by atoms with van der Waals surface area (Å²) in [6, 6.07) is 11.5. The maximum absolute atomic E-state index is 13.9. The van der Waals surface area contributed by atoms with Crippen molar-refractivity contribution in [2.45, 2.75) is 44.2 Å². The van der Waals surface area contributed by atoms with E-state index in [1.165, 1.54) is 29.3 Å². The molecule has 1 saturated heterocycles. The Labute approximate surface area is 184 Å². The van der Waals surface area contributed by atoms with Gasteiger partial charge in [-0.3, -0.25) is 9.63 Å². The number of ether oxygens (including phenoxy) is 1. The molecular formula is C24H21F2N3O3. The molecule has 0 bridgehead atoms. The second-order valence-electron chi connectivity index (χ2n) is 8.03. The highest BCUT2D eigenvalue weighted by molar-refractivity contribution is 5.78. The molecule has 1 aliphatic carbocycles. The zero-order valence-electron chi connectivity index (χ0n) is 17.3. The number of halogens is 2. The van der Waals surface area contributed by atoms with Gasteiger partial charge >= 0.3 is 0 Å². The second kappa shape index (κ2) is 9.33. The highest BCUT2D eigenvalue weighted by Crippen LogP contribution is 2.36. The number of amides is 1. The number of hydrogen-bond donors (Lipinski definition) is 0. The van der Waals surface area contributed by atoms with Crippen LogP contribution in [0.25, 0.3) is 0 Å². The zero-order chi connectivity index (χ0) is 22.7. The summed E-state index contributed by atoms with van der Waals surface area (Å²) in [5.41, 5.74) is 0.687. The summed E-state index contributed by atoms with van der Waals surface area (Å²) < 4.78 is 33.3. The van der Waals surface area contributed by atoms with Gasteiger partial charge in [0, 0.05) is 18.4 Å². The fourth-order valence-corrected chi connectivity index (χ4v) is 4.32. The number of nitriles is 2. The molecule has 2 aliphatic rings. The summed E-state index contributed by atoms with van der Waals surface area (Å²) in [5.74, 6) is -1.07. The van der Waals surface area contributed by atoms with E-state index in [2.05, 4.69) is 0 Å². The van der Waals surface area contributed by atoms with Crippen LogP contribution in [0, 0.1) is 40.2 Å². The third kappa shape index (κ3) is 4.56. The van der Waals surface area contributed by atoms with Crippen LogP contribution in [0.5, 0.6) is 5.75 Å². The molecule has 8 heteroatoms. The Morgan fingerprint density at radius 3 is 2.53 bits per heavy atom. The Morgan fingerprint density at radius 1 is 1.03 bits per heavy atom. The molecule has 32 heavy (non-hydrogen) atoms. The smallest absolute Gasteiger partial charge is 0.249 e. The zero-order valence-corrected chi connectivity index (χ0v) is 17.3. The van der Waals surface area contributed by atoms with Crippen molar-refractivity contribution in [3.8, 4) is 17.9 Å². The predicted molar refractivity (Wildman–Crippen MR) is 109 cm³/mol. The average Bonchev–Trinajstić information content (AvgIpc) is 3.30. The van der Waals surface area contributed by atoms with Crippen LogP contribution in [0.2, 0.25) is 0 Å². The molecule has 1 heterocycles. The predicted octanol–water partition coefficient (Wildman–Crippen LogP) is 4.55. The van der Waals surface area contributed by atoms with Gasteiger partial charge < -0.3 is 4.74 Å². The summed E-state index contributed by atoms with van der Waals surface area (Å²) in [6.45, 7) is 0.346. The van der Waals surface area contributed by atoms with E-state index in [0.29, 0.717) is 50.0 Å². The fraction of sp³-hybridized carbons (Fsp3) is 0.375. The van der Waals surface area contributed by atoms with Crippen LogP contribution >= 0.6 is 0 Å². The molecular weight excluding hydrogens is 416 g/mol. The Morgan fingerprint density at radius 2 is 1.81 bits per heavy atom. The van der Waals surface area contributed by atoms with Gasteiger partial charge in [-0.05, 0) is 61.6 Å². The Balaban J connectivity index is 1.38. The van der Waals surface area contributed by atoms with Crippen LogP contribution < -0.4 is 4.74 Å². The Hall–Kier alpha value is -3.49. The van der Waals surface area contributed by atoms with Crippen LogP contribution in [0.3, 0.4) is 0 Å². The first kappa shape index (κ1) is 21.7. The van der Waals surface area contributed by atoms with Gasteiger partial charge in [0.25, 0.3) is 0 Å². The second-order valence-corrected chi connectivity index (χ2v) is 8.03. The van der Waals surface area contributed by atoms with Crippen LogP contribution in [-0.4, -0.2) is 23.7 Å². The fourth-order valence-electron chi connectivity index (χ4n) is 4.32. The van der Waals surface area contributed by atoms with Crippen molar-refractivity contribution in [2.75, 3.05) is 6.61 Å². The SMILES string of the molecule is N#Cc1cc(F)cc([C@@H]2CCON2C(=O)C2CCC(Oc3ccc(F)c(C#N)c3)CC2)c1. The minimum Gasteiger partial charge on any atom is -0.490 e. The van der Waals surface area contributed by atoms with E-state index in [1.54, 1.807) is 12.1 Å². The maximum Gasteiger partial charge on any atom is 0.249 e. The van der Waals surface area contributed by atoms with E-state index in [1.807, 2.05) is 6.07 Å². The first-order chi connectivity index (χ1) is 15.5. The van der Waals surface area contributed by atoms with Crippen molar-refractivity contribution in [2.24, 2.45) is 5.92 Å². The monoisotopic (exact) mass is 437 g/mol. The molecule has 4 rings (SSSR count). The number of carbonyl (C=O) groups is 1. The number of hydroxylamine groups is 2.